The molecular weight excluding hydrogens is 336 g/mol. The molecule has 0 radical (unpaired) electrons. The average molecular weight is 350 g/mol. The molecule has 0 spiro atoms. The van der Waals surface area contributed by atoms with E-state index in [1.165, 1.54) is 0 Å². The number of nitriles is 2. The van der Waals surface area contributed by atoms with Gasteiger partial charge in [0.15, 0.2) is 0 Å². The second-order valence-corrected chi connectivity index (χ2v) is 6.01. The molecule has 0 saturated heterocycles. The summed E-state index contributed by atoms with van der Waals surface area (Å²) >= 11 is 0. The molecule has 0 amide bonds. The fourth-order valence-corrected chi connectivity index (χ4v) is 3.10. The molecule has 0 fully saturated rings. The van der Waals surface area contributed by atoms with Gasteiger partial charge in [-0.25, -0.2) is 4.98 Å². The maximum absolute atomic E-state index is 9.60. The molecule has 0 saturated carbocycles. The Morgan fingerprint density at radius 2 is 1.81 bits per heavy atom. The molecule has 2 aromatic carbocycles. The van der Waals surface area contributed by atoms with Gasteiger partial charge >= 0.3 is 0 Å². The number of hydrogen-bond acceptors (Lipinski definition) is 4. The summed E-state index contributed by atoms with van der Waals surface area (Å²) in [5, 5.41) is 18.7. The van der Waals surface area contributed by atoms with Gasteiger partial charge in [-0.1, -0.05) is 36.4 Å². The molecule has 1 unspecified atom stereocenters. The Hall–Kier alpha value is -4.09. The highest BCUT2D eigenvalue weighted by Crippen LogP contribution is 2.33. The normalized spacial score (nSPS) is 11.5. The smallest absolute Gasteiger partial charge is 0.134 e. The first-order chi connectivity index (χ1) is 13.3. The van der Waals surface area contributed by atoms with Crippen LogP contribution in [0.3, 0.4) is 0 Å². The van der Waals surface area contributed by atoms with Crippen LogP contribution in [0.25, 0.3) is 11.3 Å². The van der Waals surface area contributed by atoms with Gasteiger partial charge in [-0.3, -0.25) is 0 Å². The van der Waals surface area contributed by atoms with Gasteiger partial charge in [-0.15, -0.1) is 0 Å². The fraction of sp³-hybridized carbons (Fsp3) is 0.0455. The molecule has 27 heavy (non-hydrogen) atoms. The Kier molecular flexibility index (Phi) is 4.27. The lowest BCUT2D eigenvalue weighted by molar-refractivity contribution is 0.469. The summed E-state index contributed by atoms with van der Waals surface area (Å²) in [6.07, 6.45) is 5.20. The van der Waals surface area contributed by atoms with E-state index in [1.807, 2.05) is 53.2 Å². The standard InChI is InChI=1S/C22H14N4O/c23-13-16-6-7-19(18(12-16)14-24)22(26-11-10-25-15-26)21-9-8-20(27-21)17-4-2-1-3-5-17/h1-12,15,22H. The van der Waals surface area contributed by atoms with Gasteiger partial charge in [0.2, 0.25) is 0 Å². The van der Waals surface area contributed by atoms with E-state index in [0.717, 1.165) is 16.9 Å². The van der Waals surface area contributed by atoms with Crippen LogP contribution in [0.4, 0.5) is 0 Å². The van der Waals surface area contributed by atoms with Gasteiger partial charge < -0.3 is 8.98 Å². The number of furan rings is 1. The molecule has 1 atom stereocenters. The van der Waals surface area contributed by atoms with Crippen molar-refractivity contribution in [2.24, 2.45) is 0 Å². The van der Waals surface area contributed by atoms with E-state index in [2.05, 4.69) is 17.1 Å². The molecule has 0 aliphatic rings. The molecule has 2 heterocycles. The van der Waals surface area contributed by atoms with Crippen LogP contribution in [0.5, 0.6) is 0 Å². The van der Waals surface area contributed by atoms with Crippen molar-refractivity contribution in [2.75, 3.05) is 0 Å². The predicted molar refractivity (Wildman–Crippen MR) is 99.5 cm³/mol. The molecule has 4 aromatic rings. The van der Waals surface area contributed by atoms with Gasteiger partial charge in [0.1, 0.15) is 17.6 Å². The van der Waals surface area contributed by atoms with Crippen LogP contribution in [-0.4, -0.2) is 9.55 Å². The topological polar surface area (TPSA) is 78.5 Å². The Morgan fingerprint density at radius 3 is 2.52 bits per heavy atom. The van der Waals surface area contributed by atoms with Crippen LogP contribution in [0, 0.1) is 22.7 Å². The summed E-state index contributed by atoms with van der Waals surface area (Å²) < 4.78 is 8.03. The van der Waals surface area contributed by atoms with Gasteiger partial charge in [0.25, 0.3) is 0 Å². The maximum atomic E-state index is 9.60. The largest absolute Gasteiger partial charge is 0.459 e. The molecule has 128 valence electrons. The van der Waals surface area contributed by atoms with E-state index in [-0.39, 0.29) is 6.04 Å². The van der Waals surface area contributed by atoms with Gasteiger partial charge in [0.05, 0.1) is 29.6 Å². The minimum Gasteiger partial charge on any atom is -0.459 e. The molecule has 0 aliphatic carbocycles. The molecule has 0 aliphatic heterocycles. The van der Waals surface area contributed by atoms with Crippen molar-refractivity contribution < 1.29 is 4.42 Å². The Labute approximate surface area is 156 Å². The third-order valence-electron chi connectivity index (χ3n) is 4.38. The van der Waals surface area contributed by atoms with Crippen molar-refractivity contribution in [2.45, 2.75) is 6.04 Å². The average Bonchev–Trinajstić information content (AvgIpc) is 3.42. The van der Waals surface area contributed by atoms with E-state index < -0.39 is 0 Å². The lowest BCUT2D eigenvalue weighted by Gasteiger charge is -2.18. The van der Waals surface area contributed by atoms with E-state index in [4.69, 9.17) is 9.68 Å². The van der Waals surface area contributed by atoms with Crippen LogP contribution in [0.2, 0.25) is 0 Å². The number of imidazole rings is 1. The highest BCUT2D eigenvalue weighted by Gasteiger charge is 2.23. The summed E-state index contributed by atoms with van der Waals surface area (Å²) in [4.78, 5) is 4.13. The lowest BCUT2D eigenvalue weighted by Crippen LogP contribution is -2.11. The summed E-state index contributed by atoms with van der Waals surface area (Å²) in [5.41, 5.74) is 2.62. The predicted octanol–water partition coefficient (Wildman–Crippen LogP) is 4.52. The van der Waals surface area contributed by atoms with Crippen molar-refractivity contribution in [1.82, 2.24) is 9.55 Å². The van der Waals surface area contributed by atoms with Crippen LogP contribution < -0.4 is 0 Å². The number of benzene rings is 2. The van der Waals surface area contributed by atoms with Gasteiger partial charge in [-0.05, 0) is 24.3 Å². The monoisotopic (exact) mass is 350 g/mol. The zero-order valence-corrected chi connectivity index (χ0v) is 14.3. The van der Waals surface area contributed by atoms with Crippen LogP contribution in [0.15, 0.2) is 83.8 Å². The summed E-state index contributed by atoms with van der Waals surface area (Å²) in [6, 6.07) is 22.7. The minimum absolute atomic E-state index is 0.354. The van der Waals surface area contributed by atoms with Gasteiger partial charge in [-0.2, -0.15) is 10.5 Å². The number of aromatic nitrogens is 2. The number of hydrogen-bond donors (Lipinski definition) is 0. The molecule has 5 heteroatoms. The second-order valence-electron chi connectivity index (χ2n) is 6.01. The van der Waals surface area contributed by atoms with Gasteiger partial charge in [0, 0.05) is 23.5 Å². The van der Waals surface area contributed by atoms with Crippen molar-refractivity contribution in [3.63, 3.8) is 0 Å². The second kappa shape index (κ2) is 7.03. The first kappa shape index (κ1) is 16.4. The van der Waals surface area contributed by atoms with Crippen molar-refractivity contribution in [3.8, 4) is 23.5 Å². The zero-order valence-electron chi connectivity index (χ0n) is 14.3. The Morgan fingerprint density at radius 1 is 0.963 bits per heavy atom. The van der Waals surface area contributed by atoms with Crippen LogP contribution >= 0.6 is 0 Å². The quantitative estimate of drug-likeness (QED) is 0.542. The van der Waals surface area contributed by atoms with Crippen molar-refractivity contribution in [3.05, 3.63) is 102 Å². The highest BCUT2D eigenvalue weighted by molar-refractivity contribution is 5.58. The molecular formula is C22H14N4O. The summed E-state index contributed by atoms with van der Waals surface area (Å²) in [5.74, 6) is 1.44. The highest BCUT2D eigenvalue weighted by atomic mass is 16.3. The molecule has 4 rings (SSSR count). The number of rotatable bonds is 4. The van der Waals surface area contributed by atoms with Crippen LogP contribution in [-0.2, 0) is 0 Å². The van der Waals surface area contributed by atoms with E-state index >= 15 is 0 Å². The van der Waals surface area contributed by atoms with E-state index in [9.17, 15) is 5.26 Å². The van der Waals surface area contributed by atoms with Crippen LogP contribution in [0.1, 0.15) is 28.5 Å². The summed E-state index contributed by atoms with van der Waals surface area (Å²) in [6.45, 7) is 0. The van der Waals surface area contributed by atoms with E-state index in [1.54, 1.807) is 30.7 Å². The third kappa shape index (κ3) is 3.10. The summed E-state index contributed by atoms with van der Waals surface area (Å²) in [7, 11) is 0. The maximum Gasteiger partial charge on any atom is 0.134 e. The fourth-order valence-electron chi connectivity index (χ4n) is 3.10. The lowest BCUT2D eigenvalue weighted by atomic mass is 9.97. The minimum atomic E-state index is -0.354. The molecule has 5 nitrogen and oxygen atoms in total. The molecule has 0 N–H and O–H groups in total. The molecule has 0 bridgehead atoms. The van der Waals surface area contributed by atoms with E-state index in [0.29, 0.717) is 16.9 Å². The first-order valence-corrected chi connectivity index (χ1v) is 8.37. The number of nitrogens with zero attached hydrogens (tertiary/aromatic N) is 4. The molecule has 2 aromatic heterocycles. The van der Waals surface area contributed by atoms with Crippen molar-refractivity contribution >= 4 is 0 Å². The third-order valence-corrected chi connectivity index (χ3v) is 4.38. The van der Waals surface area contributed by atoms with Crippen molar-refractivity contribution in [1.29, 1.82) is 10.5 Å². The SMILES string of the molecule is N#Cc1ccc(C(c2ccc(-c3ccccc3)o2)n2ccnc2)c(C#N)c1. The Bertz CT molecular complexity index is 1150. The zero-order chi connectivity index (χ0) is 18.6. The first-order valence-electron chi connectivity index (χ1n) is 8.37. The Balaban J connectivity index is 1.84.